The second-order valence-corrected chi connectivity index (χ2v) is 4.77. The quantitative estimate of drug-likeness (QED) is 0.621. The van der Waals surface area contributed by atoms with Gasteiger partial charge in [0, 0.05) is 18.7 Å². The molecule has 2 rings (SSSR count). The normalized spacial score (nSPS) is 16.6. The smallest absolute Gasteiger partial charge is 0.147 e. The van der Waals surface area contributed by atoms with E-state index in [1.807, 2.05) is 11.9 Å². The molecule has 0 aliphatic heterocycles. The van der Waals surface area contributed by atoms with Gasteiger partial charge in [-0.25, -0.2) is 4.39 Å². The van der Waals surface area contributed by atoms with Gasteiger partial charge >= 0.3 is 0 Å². The van der Waals surface area contributed by atoms with Crippen LogP contribution < -0.4 is 10.6 Å². The van der Waals surface area contributed by atoms with Gasteiger partial charge < -0.3 is 10.6 Å². The maximum absolute atomic E-state index is 13.9. The maximum Gasteiger partial charge on any atom is 0.147 e. The maximum atomic E-state index is 13.9. The molecule has 1 aliphatic rings. The van der Waals surface area contributed by atoms with E-state index in [2.05, 4.69) is 6.92 Å². The molecule has 17 heavy (non-hydrogen) atoms. The largest absolute Gasteiger partial charge is 0.384 e. The third-order valence-electron chi connectivity index (χ3n) is 3.55. The number of halogens is 1. The molecule has 3 nitrogen and oxygen atoms in total. The molecule has 92 valence electrons. The number of nitrogens with one attached hydrogen (secondary N) is 1. The summed E-state index contributed by atoms with van der Waals surface area (Å²) in [5.74, 6) is 0.271. The number of benzene rings is 1. The minimum atomic E-state index is -0.312. The Morgan fingerprint density at radius 2 is 2.18 bits per heavy atom. The summed E-state index contributed by atoms with van der Waals surface area (Å²) in [6.07, 6.45) is 2.47. The molecule has 0 aromatic heterocycles. The van der Waals surface area contributed by atoms with Gasteiger partial charge in [-0.05, 0) is 43.9 Å². The van der Waals surface area contributed by atoms with E-state index in [-0.39, 0.29) is 11.7 Å². The van der Waals surface area contributed by atoms with Crippen molar-refractivity contribution in [1.29, 1.82) is 5.41 Å². The molecule has 0 bridgehead atoms. The average molecular weight is 235 g/mol. The third kappa shape index (κ3) is 2.40. The van der Waals surface area contributed by atoms with Crippen LogP contribution in [0.1, 0.15) is 25.3 Å². The Bertz CT molecular complexity index is 440. The molecule has 1 aromatic carbocycles. The van der Waals surface area contributed by atoms with Crippen LogP contribution in [-0.2, 0) is 0 Å². The second-order valence-electron chi connectivity index (χ2n) is 4.77. The van der Waals surface area contributed by atoms with Crippen molar-refractivity contribution in [2.24, 2.45) is 11.7 Å². The van der Waals surface area contributed by atoms with E-state index in [1.54, 1.807) is 12.1 Å². The lowest BCUT2D eigenvalue weighted by atomic mass is 10.1. The first-order valence-electron chi connectivity index (χ1n) is 5.87. The Balaban J connectivity index is 2.23. The number of nitrogens with zero attached hydrogens (tertiary/aromatic N) is 1. The molecule has 1 saturated carbocycles. The Hall–Kier alpha value is -1.58. The number of anilines is 1. The summed E-state index contributed by atoms with van der Waals surface area (Å²) in [6, 6.07) is 5.07. The number of rotatable bonds is 4. The van der Waals surface area contributed by atoms with E-state index in [9.17, 15) is 4.39 Å². The van der Waals surface area contributed by atoms with Crippen molar-refractivity contribution in [3.8, 4) is 0 Å². The number of hydrogen-bond acceptors (Lipinski definition) is 2. The number of hydrogen-bond donors (Lipinski definition) is 2. The van der Waals surface area contributed by atoms with Crippen molar-refractivity contribution in [1.82, 2.24) is 0 Å². The molecule has 0 amide bonds. The third-order valence-corrected chi connectivity index (χ3v) is 3.55. The summed E-state index contributed by atoms with van der Waals surface area (Å²) in [5.41, 5.74) is 6.34. The molecule has 3 N–H and O–H groups in total. The Morgan fingerprint density at radius 1 is 1.53 bits per heavy atom. The molecule has 1 atom stereocenters. The number of nitrogens with two attached hydrogens (primary N) is 1. The average Bonchev–Trinajstić information content (AvgIpc) is 3.10. The Morgan fingerprint density at radius 3 is 2.65 bits per heavy atom. The van der Waals surface area contributed by atoms with E-state index in [0.29, 0.717) is 23.2 Å². The lowest BCUT2D eigenvalue weighted by Gasteiger charge is -2.27. The predicted molar refractivity (Wildman–Crippen MR) is 68.0 cm³/mol. The van der Waals surface area contributed by atoms with Crippen LogP contribution in [0.2, 0.25) is 0 Å². The molecule has 0 heterocycles. The zero-order valence-corrected chi connectivity index (χ0v) is 10.2. The summed E-state index contributed by atoms with van der Waals surface area (Å²) in [4.78, 5) is 1.97. The van der Waals surface area contributed by atoms with Gasteiger partial charge in [-0.2, -0.15) is 0 Å². The van der Waals surface area contributed by atoms with Gasteiger partial charge in [0.15, 0.2) is 0 Å². The zero-order valence-electron chi connectivity index (χ0n) is 10.2. The first-order chi connectivity index (χ1) is 8.00. The van der Waals surface area contributed by atoms with Gasteiger partial charge in [-0.15, -0.1) is 0 Å². The standard InChI is InChI=1S/C13H18FN3/c1-8(9-3-4-9)17(2)12-6-5-10(13(15)16)7-11(12)14/h5-9H,3-4H2,1-2H3,(H3,15,16). The first-order valence-corrected chi connectivity index (χ1v) is 5.87. The molecule has 1 aromatic rings. The van der Waals surface area contributed by atoms with Crippen molar-refractivity contribution in [3.05, 3.63) is 29.6 Å². The molecule has 1 aliphatic carbocycles. The Labute approximate surface area is 101 Å². The molecule has 1 fully saturated rings. The van der Waals surface area contributed by atoms with Crippen LogP contribution in [0.15, 0.2) is 18.2 Å². The minimum absolute atomic E-state index is 0.103. The molecule has 0 saturated heterocycles. The molecular formula is C13H18FN3. The fourth-order valence-electron chi connectivity index (χ4n) is 2.07. The van der Waals surface area contributed by atoms with Crippen LogP contribution in [0.5, 0.6) is 0 Å². The van der Waals surface area contributed by atoms with E-state index in [0.717, 1.165) is 0 Å². The summed E-state index contributed by atoms with van der Waals surface area (Å²) >= 11 is 0. The molecule has 0 radical (unpaired) electrons. The summed E-state index contributed by atoms with van der Waals surface area (Å²) < 4.78 is 13.9. The van der Waals surface area contributed by atoms with Crippen LogP contribution in [0.4, 0.5) is 10.1 Å². The number of amidine groups is 1. The fourth-order valence-corrected chi connectivity index (χ4v) is 2.07. The predicted octanol–water partition coefficient (Wildman–Crippen LogP) is 2.34. The van der Waals surface area contributed by atoms with Gasteiger partial charge in [0.05, 0.1) is 5.69 Å². The minimum Gasteiger partial charge on any atom is -0.384 e. The van der Waals surface area contributed by atoms with Crippen LogP contribution in [0.3, 0.4) is 0 Å². The summed E-state index contributed by atoms with van der Waals surface area (Å²) in [6.45, 7) is 2.12. The lowest BCUT2D eigenvalue weighted by Crippen LogP contribution is -2.31. The highest BCUT2D eigenvalue weighted by atomic mass is 19.1. The highest BCUT2D eigenvalue weighted by Gasteiger charge is 2.31. The molecule has 4 heteroatoms. The molecule has 1 unspecified atom stereocenters. The Kier molecular flexibility index (Phi) is 3.05. The zero-order chi connectivity index (χ0) is 12.6. The van der Waals surface area contributed by atoms with E-state index in [4.69, 9.17) is 11.1 Å². The van der Waals surface area contributed by atoms with Crippen LogP contribution in [0, 0.1) is 17.1 Å². The van der Waals surface area contributed by atoms with Gasteiger partial charge in [-0.3, -0.25) is 5.41 Å². The summed E-state index contributed by atoms with van der Waals surface area (Å²) in [7, 11) is 1.91. The first kappa shape index (κ1) is 11.9. The summed E-state index contributed by atoms with van der Waals surface area (Å²) in [5, 5.41) is 7.27. The molecule has 0 spiro atoms. The van der Waals surface area contributed by atoms with E-state index < -0.39 is 0 Å². The highest BCUT2D eigenvalue weighted by molar-refractivity contribution is 5.95. The highest BCUT2D eigenvalue weighted by Crippen LogP contribution is 2.36. The van der Waals surface area contributed by atoms with Crippen molar-refractivity contribution >= 4 is 11.5 Å². The van der Waals surface area contributed by atoms with Crippen molar-refractivity contribution in [3.63, 3.8) is 0 Å². The van der Waals surface area contributed by atoms with Gasteiger partial charge in [-0.1, -0.05) is 0 Å². The second kappa shape index (κ2) is 4.35. The van der Waals surface area contributed by atoms with Crippen LogP contribution in [0.25, 0.3) is 0 Å². The fraction of sp³-hybridized carbons (Fsp3) is 0.462. The van der Waals surface area contributed by atoms with Gasteiger partial charge in [0.2, 0.25) is 0 Å². The van der Waals surface area contributed by atoms with Gasteiger partial charge in [0.25, 0.3) is 0 Å². The lowest BCUT2D eigenvalue weighted by molar-refractivity contribution is 0.576. The number of nitrogen functional groups attached to an aromatic ring is 1. The van der Waals surface area contributed by atoms with Crippen molar-refractivity contribution in [2.45, 2.75) is 25.8 Å². The van der Waals surface area contributed by atoms with Crippen molar-refractivity contribution in [2.75, 3.05) is 11.9 Å². The van der Waals surface area contributed by atoms with Crippen LogP contribution in [-0.4, -0.2) is 18.9 Å². The van der Waals surface area contributed by atoms with Gasteiger partial charge in [0.1, 0.15) is 11.7 Å². The monoisotopic (exact) mass is 235 g/mol. The molecular weight excluding hydrogens is 217 g/mol. The van der Waals surface area contributed by atoms with Crippen molar-refractivity contribution < 1.29 is 4.39 Å². The SMILES string of the molecule is CC(C1CC1)N(C)c1ccc(C(=N)N)cc1F. The van der Waals surface area contributed by atoms with E-state index >= 15 is 0 Å². The van der Waals surface area contributed by atoms with E-state index in [1.165, 1.54) is 18.9 Å². The topological polar surface area (TPSA) is 53.1 Å². The van der Waals surface area contributed by atoms with Crippen LogP contribution >= 0.6 is 0 Å².